The normalized spacial score (nSPS) is 22.3. The lowest BCUT2D eigenvalue weighted by atomic mass is 9.89. The number of nitrogens with zero attached hydrogens (tertiary/aromatic N) is 2. The van der Waals surface area contributed by atoms with Crippen LogP contribution in [0, 0.1) is 11.7 Å². The molecule has 5 rings (SSSR count). The summed E-state index contributed by atoms with van der Waals surface area (Å²) in [5, 5.41) is 5.69. The lowest BCUT2D eigenvalue weighted by Crippen LogP contribution is -2.44. The summed E-state index contributed by atoms with van der Waals surface area (Å²) in [4.78, 5) is 20.7. The van der Waals surface area contributed by atoms with Gasteiger partial charge in [-0.1, -0.05) is 41.2 Å². The SMILES string of the molecule is O=C(NCC1CCCC1)c1cc2c(s1)CN(C1=NOC(c3cc(Cl)c(F)c(Cl)c3)(C(F)(F)F)C1)C2. The molecule has 1 N–H and O–H groups in total. The van der Waals surface area contributed by atoms with Gasteiger partial charge in [-0.05, 0) is 42.5 Å². The van der Waals surface area contributed by atoms with E-state index in [4.69, 9.17) is 28.0 Å². The molecular weight excluding hydrogens is 529 g/mol. The van der Waals surface area contributed by atoms with Crippen LogP contribution in [-0.2, 0) is 23.5 Å². The van der Waals surface area contributed by atoms with Crippen LogP contribution >= 0.6 is 34.5 Å². The standard InChI is InChI=1S/C23H21Cl2F4N3O2S/c24-15-6-14(7-16(25)20(15)26)22(23(27,28)29)8-19(31-34-22)32-10-13-5-17(35-18(13)11-32)21(33)30-9-12-3-1-2-4-12/h5-7,12H,1-4,8-11H2,(H,30,33). The maximum Gasteiger partial charge on any atom is 0.435 e. The number of alkyl halides is 3. The number of hydrogen-bond acceptors (Lipinski definition) is 5. The van der Waals surface area contributed by atoms with Crippen molar-refractivity contribution in [3.63, 3.8) is 0 Å². The molecule has 1 amide bonds. The van der Waals surface area contributed by atoms with Crippen LogP contribution in [0.2, 0.25) is 10.0 Å². The fourth-order valence-corrected chi connectivity index (χ4v) is 6.44. The minimum atomic E-state index is -4.86. The Balaban J connectivity index is 1.28. The number of rotatable bonds is 4. The van der Waals surface area contributed by atoms with Crippen molar-refractivity contribution < 1.29 is 27.2 Å². The molecule has 0 spiro atoms. The first-order chi connectivity index (χ1) is 16.6. The zero-order valence-electron chi connectivity index (χ0n) is 18.4. The highest BCUT2D eigenvalue weighted by atomic mass is 35.5. The number of amides is 1. The second-order valence-corrected chi connectivity index (χ2v) is 11.1. The van der Waals surface area contributed by atoms with E-state index in [0.29, 0.717) is 30.4 Å². The van der Waals surface area contributed by atoms with Crippen LogP contribution in [0.3, 0.4) is 0 Å². The highest BCUT2D eigenvalue weighted by Gasteiger charge is 2.63. The summed E-state index contributed by atoms with van der Waals surface area (Å²) in [5.41, 5.74) is -2.37. The van der Waals surface area contributed by atoms with Gasteiger partial charge < -0.3 is 15.1 Å². The molecule has 1 fully saturated rings. The van der Waals surface area contributed by atoms with E-state index >= 15 is 0 Å². The van der Waals surface area contributed by atoms with E-state index in [1.807, 2.05) is 0 Å². The van der Waals surface area contributed by atoms with Crippen molar-refractivity contribution in [3.8, 4) is 0 Å². The molecular formula is C23H21Cl2F4N3O2S. The molecule has 2 aliphatic heterocycles. The van der Waals surface area contributed by atoms with E-state index < -0.39 is 39.6 Å². The van der Waals surface area contributed by atoms with Crippen molar-refractivity contribution in [1.29, 1.82) is 0 Å². The van der Waals surface area contributed by atoms with Gasteiger partial charge in [0.15, 0.2) is 5.82 Å². The first-order valence-corrected chi connectivity index (χ1v) is 12.8. The maximum absolute atomic E-state index is 14.2. The van der Waals surface area contributed by atoms with Gasteiger partial charge in [-0.2, -0.15) is 13.2 Å². The Morgan fingerprint density at radius 3 is 2.51 bits per heavy atom. The molecule has 2 aromatic rings. The van der Waals surface area contributed by atoms with E-state index in [9.17, 15) is 22.4 Å². The lowest BCUT2D eigenvalue weighted by molar-refractivity contribution is -0.275. The van der Waals surface area contributed by atoms with E-state index in [1.165, 1.54) is 24.2 Å². The third kappa shape index (κ3) is 4.49. The number of carbonyl (C=O) groups is 1. The Hall–Kier alpha value is -2.04. The van der Waals surface area contributed by atoms with E-state index in [-0.39, 0.29) is 11.7 Å². The quantitative estimate of drug-likeness (QED) is 0.344. The summed E-state index contributed by atoms with van der Waals surface area (Å²) in [6, 6.07) is 3.52. The Morgan fingerprint density at radius 1 is 1.20 bits per heavy atom. The molecule has 1 aromatic heterocycles. The van der Waals surface area contributed by atoms with Gasteiger partial charge in [0.1, 0.15) is 5.84 Å². The zero-order chi connectivity index (χ0) is 25.0. The summed E-state index contributed by atoms with van der Waals surface area (Å²) < 4.78 is 56.5. The van der Waals surface area contributed by atoms with E-state index in [2.05, 4.69) is 10.5 Å². The molecule has 0 bridgehead atoms. The predicted molar refractivity (Wildman–Crippen MR) is 125 cm³/mol. The number of halogens is 6. The highest BCUT2D eigenvalue weighted by molar-refractivity contribution is 7.14. The van der Waals surface area contributed by atoms with Crippen LogP contribution < -0.4 is 5.32 Å². The molecule has 1 atom stereocenters. The van der Waals surface area contributed by atoms with Crippen molar-refractivity contribution in [1.82, 2.24) is 10.2 Å². The Labute approximate surface area is 213 Å². The van der Waals surface area contributed by atoms with Gasteiger partial charge in [-0.3, -0.25) is 4.79 Å². The molecule has 5 nitrogen and oxygen atoms in total. The van der Waals surface area contributed by atoms with Crippen molar-refractivity contribution in [2.75, 3.05) is 6.54 Å². The van der Waals surface area contributed by atoms with Crippen molar-refractivity contribution >= 4 is 46.3 Å². The Bertz CT molecular complexity index is 1150. The first kappa shape index (κ1) is 24.6. The minimum absolute atomic E-state index is 0.106. The molecule has 1 aliphatic carbocycles. The minimum Gasteiger partial charge on any atom is -0.372 e. The Kier molecular flexibility index (Phi) is 6.42. The number of nitrogens with one attached hydrogen (secondary N) is 1. The van der Waals surface area contributed by atoms with Gasteiger partial charge in [-0.25, -0.2) is 4.39 Å². The smallest absolute Gasteiger partial charge is 0.372 e. The van der Waals surface area contributed by atoms with Crippen molar-refractivity contribution in [3.05, 3.63) is 54.9 Å². The van der Waals surface area contributed by atoms with Crippen LogP contribution in [0.4, 0.5) is 17.6 Å². The fraction of sp³-hybridized carbons (Fsp3) is 0.478. The van der Waals surface area contributed by atoms with Crippen LogP contribution in [-0.4, -0.2) is 29.4 Å². The van der Waals surface area contributed by atoms with Gasteiger partial charge >= 0.3 is 6.18 Å². The van der Waals surface area contributed by atoms with Crippen molar-refractivity contribution in [2.45, 2.75) is 57.0 Å². The molecule has 0 radical (unpaired) electrons. The van der Waals surface area contributed by atoms with Crippen LogP contribution in [0.5, 0.6) is 0 Å². The molecule has 3 aliphatic rings. The van der Waals surface area contributed by atoms with Gasteiger partial charge in [0.2, 0.25) is 0 Å². The molecule has 12 heteroatoms. The molecule has 0 saturated heterocycles. The molecule has 1 aromatic carbocycles. The van der Waals surface area contributed by atoms with Gasteiger partial charge in [-0.15, -0.1) is 11.3 Å². The first-order valence-electron chi connectivity index (χ1n) is 11.2. The maximum atomic E-state index is 14.2. The lowest BCUT2D eigenvalue weighted by Gasteiger charge is -2.30. The highest BCUT2D eigenvalue weighted by Crippen LogP contribution is 2.50. The number of fused-ring (bicyclic) bond motifs is 1. The van der Waals surface area contributed by atoms with Crippen molar-refractivity contribution in [2.24, 2.45) is 11.1 Å². The second kappa shape index (κ2) is 9.12. The number of amidine groups is 1. The molecule has 188 valence electrons. The van der Waals surface area contributed by atoms with Gasteiger partial charge in [0.05, 0.1) is 27.9 Å². The second-order valence-electron chi connectivity index (χ2n) is 9.13. The summed E-state index contributed by atoms with van der Waals surface area (Å²) in [6.45, 7) is 1.29. The molecule has 1 saturated carbocycles. The monoisotopic (exact) mass is 549 g/mol. The van der Waals surface area contributed by atoms with Crippen LogP contribution in [0.1, 0.15) is 57.8 Å². The summed E-state index contributed by atoms with van der Waals surface area (Å²) in [7, 11) is 0. The number of hydrogen-bond donors (Lipinski definition) is 1. The average molecular weight is 550 g/mol. The third-order valence-corrected chi connectivity index (χ3v) is 8.54. The fourth-order valence-electron chi connectivity index (χ4n) is 4.85. The summed E-state index contributed by atoms with van der Waals surface area (Å²) in [5.74, 6) is -0.484. The Morgan fingerprint density at radius 2 is 1.89 bits per heavy atom. The summed E-state index contributed by atoms with van der Waals surface area (Å²) in [6.07, 6.45) is -0.801. The van der Waals surface area contributed by atoms with E-state index in [1.54, 1.807) is 11.0 Å². The number of oxime groups is 1. The average Bonchev–Trinajstić information content (AvgIpc) is 3.57. The zero-order valence-corrected chi connectivity index (χ0v) is 20.7. The summed E-state index contributed by atoms with van der Waals surface area (Å²) >= 11 is 12.8. The number of carbonyl (C=O) groups excluding carboxylic acids is 1. The van der Waals surface area contributed by atoms with Gasteiger partial charge in [0, 0.05) is 23.5 Å². The van der Waals surface area contributed by atoms with Crippen LogP contribution in [0.15, 0.2) is 23.4 Å². The molecule has 35 heavy (non-hydrogen) atoms. The van der Waals surface area contributed by atoms with E-state index in [0.717, 1.165) is 35.4 Å². The van der Waals surface area contributed by atoms with Gasteiger partial charge in [0.25, 0.3) is 11.5 Å². The van der Waals surface area contributed by atoms with Crippen LogP contribution in [0.25, 0.3) is 0 Å². The largest absolute Gasteiger partial charge is 0.435 e. The molecule has 1 unspecified atom stereocenters. The topological polar surface area (TPSA) is 53.9 Å². The predicted octanol–water partition coefficient (Wildman–Crippen LogP) is 6.62. The molecule has 3 heterocycles. The number of thiophene rings is 1. The third-order valence-electron chi connectivity index (χ3n) is 6.83. The number of benzene rings is 1.